The minimum atomic E-state index is -0.173. The summed E-state index contributed by atoms with van der Waals surface area (Å²) in [4.78, 5) is 24.0. The molecule has 2 N–H and O–H groups in total. The number of carbonyl (C=O) groups is 2. The fourth-order valence-corrected chi connectivity index (χ4v) is 2.94. The van der Waals surface area contributed by atoms with Gasteiger partial charge in [0.1, 0.15) is 5.75 Å². The van der Waals surface area contributed by atoms with Gasteiger partial charge >= 0.3 is 0 Å². The van der Waals surface area contributed by atoms with Gasteiger partial charge in [0.15, 0.2) is 0 Å². The minimum Gasteiger partial charge on any atom is -0.495 e. The molecule has 0 saturated carbocycles. The van der Waals surface area contributed by atoms with Crippen LogP contribution in [0.1, 0.15) is 25.3 Å². The predicted molar refractivity (Wildman–Crippen MR) is 108 cm³/mol. The second-order valence-corrected chi connectivity index (χ2v) is 7.05. The second-order valence-electron chi connectivity index (χ2n) is 6.07. The quantitative estimate of drug-likeness (QED) is 0.731. The third-order valence-electron chi connectivity index (χ3n) is 3.71. The molecule has 0 aliphatic rings. The van der Waals surface area contributed by atoms with Gasteiger partial charge in [0, 0.05) is 5.69 Å². The smallest absolute Gasteiger partial charge is 0.234 e. The number of anilines is 2. The number of benzene rings is 2. The van der Waals surface area contributed by atoms with Gasteiger partial charge in [-0.25, -0.2) is 0 Å². The van der Waals surface area contributed by atoms with Crippen LogP contribution in [0.2, 0.25) is 0 Å². The van der Waals surface area contributed by atoms with Crippen molar-refractivity contribution in [3.63, 3.8) is 0 Å². The number of thioether (sulfide) groups is 1. The topological polar surface area (TPSA) is 67.4 Å². The molecular formula is C20H24N2O3S. The van der Waals surface area contributed by atoms with E-state index in [-0.39, 0.29) is 23.3 Å². The molecule has 0 radical (unpaired) electrons. The van der Waals surface area contributed by atoms with Crippen LogP contribution in [0.4, 0.5) is 11.4 Å². The van der Waals surface area contributed by atoms with Gasteiger partial charge < -0.3 is 15.4 Å². The largest absolute Gasteiger partial charge is 0.495 e. The molecule has 0 bridgehead atoms. The Morgan fingerprint density at radius 1 is 0.962 bits per heavy atom. The summed E-state index contributed by atoms with van der Waals surface area (Å²) >= 11 is 1.26. The number of nitrogens with one attached hydrogen (secondary N) is 2. The Hall–Kier alpha value is -2.47. The van der Waals surface area contributed by atoms with Crippen LogP contribution >= 0.6 is 11.8 Å². The van der Waals surface area contributed by atoms with Gasteiger partial charge in [0.2, 0.25) is 11.8 Å². The highest BCUT2D eigenvalue weighted by atomic mass is 32.2. The van der Waals surface area contributed by atoms with Crippen molar-refractivity contribution in [3.05, 3.63) is 54.1 Å². The average molecular weight is 372 g/mol. The summed E-state index contributed by atoms with van der Waals surface area (Å²) in [5.74, 6) is 1.17. The molecule has 0 spiro atoms. The monoisotopic (exact) mass is 372 g/mol. The molecule has 0 aliphatic heterocycles. The molecule has 0 aliphatic carbocycles. The lowest BCUT2D eigenvalue weighted by Crippen LogP contribution is -2.18. The SMILES string of the molecule is COc1ccccc1NC(=O)CSCC(=O)Nc1ccc(C(C)C)cc1. The van der Waals surface area contributed by atoms with E-state index in [1.807, 2.05) is 36.4 Å². The lowest BCUT2D eigenvalue weighted by molar-refractivity contribution is -0.114. The van der Waals surface area contributed by atoms with E-state index in [0.717, 1.165) is 5.69 Å². The van der Waals surface area contributed by atoms with Gasteiger partial charge in [-0.3, -0.25) is 9.59 Å². The molecule has 2 amide bonds. The van der Waals surface area contributed by atoms with E-state index < -0.39 is 0 Å². The number of rotatable bonds is 8. The van der Waals surface area contributed by atoms with Gasteiger partial charge in [0.25, 0.3) is 0 Å². The second kappa shape index (κ2) is 9.87. The molecule has 2 aromatic rings. The van der Waals surface area contributed by atoms with Crippen molar-refractivity contribution in [1.82, 2.24) is 0 Å². The summed E-state index contributed by atoms with van der Waals surface area (Å²) in [6, 6.07) is 15.0. The zero-order chi connectivity index (χ0) is 18.9. The number of carbonyl (C=O) groups excluding carboxylic acids is 2. The fourth-order valence-electron chi connectivity index (χ4n) is 2.32. The maximum absolute atomic E-state index is 12.0. The zero-order valence-electron chi connectivity index (χ0n) is 15.2. The molecule has 0 heterocycles. The molecule has 0 unspecified atom stereocenters. The lowest BCUT2D eigenvalue weighted by atomic mass is 10.0. The highest BCUT2D eigenvalue weighted by molar-refractivity contribution is 8.00. The number of ether oxygens (including phenoxy) is 1. The van der Waals surface area contributed by atoms with Crippen LogP contribution in [0, 0.1) is 0 Å². The van der Waals surface area contributed by atoms with Crippen LogP contribution in [-0.4, -0.2) is 30.4 Å². The lowest BCUT2D eigenvalue weighted by Gasteiger charge is -2.10. The molecule has 138 valence electrons. The van der Waals surface area contributed by atoms with E-state index in [1.54, 1.807) is 19.2 Å². The maximum Gasteiger partial charge on any atom is 0.234 e. The Labute approximate surface area is 158 Å². The molecule has 0 fully saturated rings. The minimum absolute atomic E-state index is 0.127. The molecule has 0 saturated heterocycles. The Morgan fingerprint density at radius 2 is 1.58 bits per heavy atom. The summed E-state index contributed by atoms with van der Waals surface area (Å²) in [7, 11) is 1.55. The fraction of sp³-hybridized carbons (Fsp3) is 0.300. The summed E-state index contributed by atoms with van der Waals surface area (Å²) in [6.07, 6.45) is 0. The summed E-state index contributed by atoms with van der Waals surface area (Å²) in [6.45, 7) is 4.25. The van der Waals surface area contributed by atoms with E-state index in [1.165, 1.54) is 17.3 Å². The van der Waals surface area contributed by atoms with Gasteiger partial charge in [0.05, 0.1) is 24.3 Å². The average Bonchev–Trinajstić information content (AvgIpc) is 2.62. The molecular weight excluding hydrogens is 348 g/mol. The van der Waals surface area contributed by atoms with Crippen molar-refractivity contribution >= 4 is 35.0 Å². The van der Waals surface area contributed by atoms with Crippen LogP contribution in [0.5, 0.6) is 5.75 Å². The van der Waals surface area contributed by atoms with Crippen LogP contribution in [0.3, 0.4) is 0 Å². The van der Waals surface area contributed by atoms with Crippen LogP contribution in [0.25, 0.3) is 0 Å². The molecule has 0 atom stereocenters. The van der Waals surface area contributed by atoms with Crippen LogP contribution < -0.4 is 15.4 Å². The first-order valence-electron chi connectivity index (χ1n) is 8.40. The van der Waals surface area contributed by atoms with Crippen molar-refractivity contribution in [2.24, 2.45) is 0 Å². The van der Waals surface area contributed by atoms with E-state index in [9.17, 15) is 9.59 Å². The standard InChI is InChI=1S/C20H24N2O3S/c1-14(2)15-8-10-16(11-9-15)21-19(23)12-26-13-20(24)22-17-6-4-5-7-18(17)25-3/h4-11,14H,12-13H2,1-3H3,(H,21,23)(H,22,24). The first-order chi connectivity index (χ1) is 12.5. The van der Waals surface area contributed by atoms with Crippen molar-refractivity contribution < 1.29 is 14.3 Å². The van der Waals surface area contributed by atoms with Crippen molar-refractivity contribution in [2.45, 2.75) is 19.8 Å². The molecule has 6 heteroatoms. The molecule has 2 aromatic carbocycles. The molecule has 2 rings (SSSR count). The van der Waals surface area contributed by atoms with E-state index in [2.05, 4.69) is 24.5 Å². The third kappa shape index (κ3) is 6.11. The number of amides is 2. The summed E-state index contributed by atoms with van der Waals surface area (Å²) < 4.78 is 5.19. The van der Waals surface area contributed by atoms with Gasteiger partial charge in [-0.05, 0) is 35.7 Å². The highest BCUT2D eigenvalue weighted by Crippen LogP contribution is 2.23. The number of hydrogen-bond donors (Lipinski definition) is 2. The molecule has 0 aromatic heterocycles. The number of hydrogen-bond acceptors (Lipinski definition) is 4. The highest BCUT2D eigenvalue weighted by Gasteiger charge is 2.09. The maximum atomic E-state index is 12.0. The molecule has 5 nitrogen and oxygen atoms in total. The summed E-state index contributed by atoms with van der Waals surface area (Å²) in [5.41, 5.74) is 2.61. The third-order valence-corrected chi connectivity index (χ3v) is 4.64. The van der Waals surface area contributed by atoms with Crippen molar-refractivity contribution in [1.29, 1.82) is 0 Å². The number of methoxy groups -OCH3 is 1. The Bertz CT molecular complexity index is 745. The van der Waals surface area contributed by atoms with E-state index >= 15 is 0 Å². The number of para-hydroxylation sites is 2. The Balaban J connectivity index is 1.74. The van der Waals surface area contributed by atoms with E-state index in [0.29, 0.717) is 17.4 Å². The normalized spacial score (nSPS) is 10.5. The summed E-state index contributed by atoms with van der Waals surface area (Å²) in [5, 5.41) is 5.62. The zero-order valence-corrected chi connectivity index (χ0v) is 16.1. The first kappa shape index (κ1) is 19.8. The Morgan fingerprint density at radius 3 is 2.19 bits per heavy atom. The van der Waals surface area contributed by atoms with E-state index in [4.69, 9.17) is 4.74 Å². The van der Waals surface area contributed by atoms with Gasteiger partial charge in [-0.1, -0.05) is 38.1 Å². The van der Waals surface area contributed by atoms with Crippen molar-refractivity contribution in [3.8, 4) is 5.75 Å². The Kier molecular flexibility index (Phi) is 7.53. The van der Waals surface area contributed by atoms with Gasteiger partial charge in [-0.2, -0.15) is 0 Å². The van der Waals surface area contributed by atoms with Crippen LogP contribution in [-0.2, 0) is 9.59 Å². The predicted octanol–water partition coefficient (Wildman–Crippen LogP) is 4.13. The van der Waals surface area contributed by atoms with Gasteiger partial charge in [-0.15, -0.1) is 11.8 Å². The molecule has 26 heavy (non-hydrogen) atoms. The van der Waals surface area contributed by atoms with Crippen molar-refractivity contribution in [2.75, 3.05) is 29.2 Å². The first-order valence-corrected chi connectivity index (χ1v) is 9.55. The van der Waals surface area contributed by atoms with Crippen LogP contribution in [0.15, 0.2) is 48.5 Å².